The van der Waals surface area contributed by atoms with E-state index in [9.17, 15) is 9.59 Å². The third-order valence-corrected chi connectivity index (χ3v) is 4.58. The number of carbonyl (C=O) groups excluding carboxylic acids is 2. The maximum absolute atomic E-state index is 12.3. The highest BCUT2D eigenvalue weighted by Gasteiger charge is 2.46. The number of likely N-dealkylation sites (tertiary alicyclic amines) is 2. The van der Waals surface area contributed by atoms with E-state index in [2.05, 4.69) is 0 Å². The van der Waals surface area contributed by atoms with Gasteiger partial charge in [0.25, 0.3) is 5.91 Å². The molecular formula is C15H20N2O3. The monoisotopic (exact) mass is 276 g/mol. The molecule has 0 aromatic carbocycles. The molecule has 108 valence electrons. The highest BCUT2D eigenvalue weighted by molar-refractivity contribution is 5.91. The van der Waals surface area contributed by atoms with Gasteiger partial charge in [-0.1, -0.05) is 0 Å². The smallest absolute Gasteiger partial charge is 0.289 e. The number of carbonyl (C=O) groups is 2. The lowest BCUT2D eigenvalue weighted by molar-refractivity contribution is -0.137. The molecule has 0 N–H and O–H groups in total. The summed E-state index contributed by atoms with van der Waals surface area (Å²) in [5, 5.41) is 0. The molecule has 1 aromatic rings. The van der Waals surface area contributed by atoms with E-state index in [1.807, 2.05) is 9.80 Å². The second kappa shape index (κ2) is 4.96. The fraction of sp³-hybridized carbons (Fsp3) is 0.600. The first kappa shape index (κ1) is 13.2. The van der Waals surface area contributed by atoms with Crippen molar-refractivity contribution >= 4 is 11.8 Å². The minimum atomic E-state index is -0.146. The largest absolute Gasteiger partial charge is 0.459 e. The van der Waals surface area contributed by atoms with Crippen molar-refractivity contribution in [1.29, 1.82) is 0 Å². The number of amides is 2. The van der Waals surface area contributed by atoms with Crippen LogP contribution in [-0.2, 0) is 4.79 Å². The molecule has 1 aromatic heterocycles. The molecule has 5 heteroatoms. The van der Waals surface area contributed by atoms with E-state index in [1.54, 1.807) is 19.1 Å². The van der Waals surface area contributed by atoms with Gasteiger partial charge in [-0.2, -0.15) is 0 Å². The average Bonchev–Trinajstić information content (AvgIpc) is 3.08. The molecule has 2 aliphatic heterocycles. The number of nitrogens with zero attached hydrogens (tertiary/aromatic N) is 2. The molecule has 2 amide bonds. The molecule has 0 radical (unpaired) electrons. The number of hydrogen-bond donors (Lipinski definition) is 0. The van der Waals surface area contributed by atoms with Gasteiger partial charge in [0.05, 0.1) is 11.8 Å². The Morgan fingerprint density at radius 3 is 2.80 bits per heavy atom. The number of hydrogen-bond acceptors (Lipinski definition) is 3. The number of piperidine rings is 1. The zero-order valence-electron chi connectivity index (χ0n) is 11.8. The maximum Gasteiger partial charge on any atom is 0.289 e. The Morgan fingerprint density at radius 2 is 2.10 bits per heavy atom. The lowest BCUT2D eigenvalue weighted by Crippen LogP contribution is -2.55. The van der Waals surface area contributed by atoms with E-state index < -0.39 is 0 Å². The van der Waals surface area contributed by atoms with Crippen LogP contribution in [0.2, 0.25) is 0 Å². The van der Waals surface area contributed by atoms with E-state index in [0.717, 1.165) is 32.2 Å². The molecular weight excluding hydrogens is 256 g/mol. The van der Waals surface area contributed by atoms with Crippen LogP contribution in [0.5, 0.6) is 0 Å². The quantitative estimate of drug-likeness (QED) is 0.787. The molecule has 5 nitrogen and oxygen atoms in total. The SMILES string of the molecule is CC(=O)N1CCCC[C@]12CCN(C(=O)c1ccco1)C2. The average molecular weight is 276 g/mol. The van der Waals surface area contributed by atoms with Crippen molar-refractivity contribution in [3.8, 4) is 0 Å². The summed E-state index contributed by atoms with van der Waals surface area (Å²) in [5.74, 6) is 0.435. The fourth-order valence-corrected chi connectivity index (χ4v) is 3.60. The Labute approximate surface area is 118 Å². The van der Waals surface area contributed by atoms with Gasteiger partial charge in [-0.3, -0.25) is 9.59 Å². The van der Waals surface area contributed by atoms with E-state index in [-0.39, 0.29) is 17.4 Å². The zero-order chi connectivity index (χ0) is 14.2. The van der Waals surface area contributed by atoms with Crippen molar-refractivity contribution < 1.29 is 14.0 Å². The summed E-state index contributed by atoms with van der Waals surface area (Å²) in [6, 6.07) is 3.42. The van der Waals surface area contributed by atoms with Gasteiger partial charge in [-0.05, 0) is 37.8 Å². The van der Waals surface area contributed by atoms with Crippen LogP contribution in [0.15, 0.2) is 22.8 Å². The Balaban J connectivity index is 1.77. The summed E-state index contributed by atoms with van der Waals surface area (Å²) in [4.78, 5) is 28.0. The summed E-state index contributed by atoms with van der Waals surface area (Å²) < 4.78 is 5.19. The summed E-state index contributed by atoms with van der Waals surface area (Å²) in [6.07, 6.45) is 5.58. The van der Waals surface area contributed by atoms with Crippen molar-refractivity contribution in [2.24, 2.45) is 0 Å². The summed E-state index contributed by atoms with van der Waals surface area (Å²) in [6.45, 7) is 3.78. The van der Waals surface area contributed by atoms with Crippen LogP contribution in [0.25, 0.3) is 0 Å². The maximum atomic E-state index is 12.3. The fourth-order valence-electron chi connectivity index (χ4n) is 3.60. The van der Waals surface area contributed by atoms with Gasteiger partial charge in [0.2, 0.25) is 5.91 Å². The molecule has 1 atom stereocenters. The highest BCUT2D eigenvalue weighted by atomic mass is 16.3. The predicted molar refractivity (Wildman–Crippen MR) is 73.2 cm³/mol. The summed E-state index contributed by atoms with van der Waals surface area (Å²) in [5.41, 5.74) is -0.146. The van der Waals surface area contributed by atoms with Gasteiger partial charge < -0.3 is 14.2 Å². The standard InChI is InChI=1S/C15H20N2O3/c1-12(18)17-8-3-2-6-15(17)7-9-16(11-15)14(19)13-5-4-10-20-13/h4-5,10H,2-3,6-9,11H2,1H3/t15-/m1/s1. The van der Waals surface area contributed by atoms with Crippen LogP contribution in [0.1, 0.15) is 43.2 Å². The van der Waals surface area contributed by atoms with Crippen LogP contribution in [0.4, 0.5) is 0 Å². The molecule has 1 spiro atoms. The Hall–Kier alpha value is -1.78. The molecule has 3 rings (SSSR count). The van der Waals surface area contributed by atoms with Crippen LogP contribution in [0, 0.1) is 0 Å². The molecule has 20 heavy (non-hydrogen) atoms. The van der Waals surface area contributed by atoms with E-state index in [1.165, 1.54) is 6.26 Å². The first-order chi connectivity index (χ1) is 9.62. The van der Waals surface area contributed by atoms with Crippen LogP contribution in [0.3, 0.4) is 0 Å². The lowest BCUT2D eigenvalue weighted by atomic mass is 9.85. The van der Waals surface area contributed by atoms with Gasteiger partial charge in [-0.15, -0.1) is 0 Å². The van der Waals surface area contributed by atoms with Gasteiger partial charge in [0.15, 0.2) is 5.76 Å². The number of rotatable bonds is 1. The summed E-state index contributed by atoms with van der Waals surface area (Å²) in [7, 11) is 0. The minimum Gasteiger partial charge on any atom is -0.459 e. The Morgan fingerprint density at radius 1 is 1.25 bits per heavy atom. The van der Waals surface area contributed by atoms with Crippen molar-refractivity contribution in [2.45, 2.75) is 38.1 Å². The molecule has 3 heterocycles. The first-order valence-electron chi connectivity index (χ1n) is 7.23. The van der Waals surface area contributed by atoms with Crippen molar-refractivity contribution in [2.75, 3.05) is 19.6 Å². The van der Waals surface area contributed by atoms with E-state index in [0.29, 0.717) is 18.8 Å². The van der Waals surface area contributed by atoms with Crippen LogP contribution in [-0.4, -0.2) is 46.8 Å². The Bertz CT molecular complexity index is 511. The van der Waals surface area contributed by atoms with Crippen molar-refractivity contribution in [3.05, 3.63) is 24.2 Å². The van der Waals surface area contributed by atoms with E-state index in [4.69, 9.17) is 4.42 Å². The van der Waals surface area contributed by atoms with Gasteiger partial charge in [-0.25, -0.2) is 0 Å². The lowest BCUT2D eigenvalue weighted by Gasteiger charge is -2.44. The van der Waals surface area contributed by atoms with Crippen molar-refractivity contribution in [1.82, 2.24) is 9.80 Å². The molecule has 2 saturated heterocycles. The third kappa shape index (κ3) is 2.11. The van der Waals surface area contributed by atoms with Gasteiger partial charge >= 0.3 is 0 Å². The third-order valence-electron chi connectivity index (χ3n) is 4.58. The minimum absolute atomic E-state index is 0.0686. The second-order valence-electron chi connectivity index (χ2n) is 5.81. The molecule has 2 fully saturated rings. The van der Waals surface area contributed by atoms with Crippen LogP contribution >= 0.6 is 0 Å². The summed E-state index contributed by atoms with van der Waals surface area (Å²) >= 11 is 0. The zero-order valence-corrected chi connectivity index (χ0v) is 11.8. The van der Waals surface area contributed by atoms with Crippen molar-refractivity contribution in [3.63, 3.8) is 0 Å². The van der Waals surface area contributed by atoms with Gasteiger partial charge in [0.1, 0.15) is 0 Å². The normalized spacial score (nSPS) is 26.2. The molecule has 0 unspecified atom stereocenters. The number of furan rings is 1. The van der Waals surface area contributed by atoms with E-state index >= 15 is 0 Å². The first-order valence-corrected chi connectivity index (χ1v) is 7.23. The molecule has 0 saturated carbocycles. The predicted octanol–water partition coefficient (Wildman–Crippen LogP) is 1.90. The van der Waals surface area contributed by atoms with Crippen LogP contribution < -0.4 is 0 Å². The molecule has 0 bridgehead atoms. The molecule has 2 aliphatic rings. The highest BCUT2D eigenvalue weighted by Crippen LogP contribution is 2.37. The second-order valence-corrected chi connectivity index (χ2v) is 5.81. The molecule has 0 aliphatic carbocycles. The van der Waals surface area contributed by atoms with Gasteiger partial charge in [0, 0.05) is 26.6 Å². The topological polar surface area (TPSA) is 53.8 Å². The Kier molecular flexibility index (Phi) is 3.28.